The van der Waals surface area contributed by atoms with Gasteiger partial charge in [-0.2, -0.15) is 0 Å². The van der Waals surface area contributed by atoms with Crippen LogP contribution in [0.1, 0.15) is 16.7 Å². The monoisotopic (exact) mass is 260 g/mol. The average molecular weight is 260 g/mol. The van der Waals surface area contributed by atoms with Crippen molar-refractivity contribution in [3.05, 3.63) is 57.6 Å². The van der Waals surface area contributed by atoms with Crippen molar-refractivity contribution in [2.24, 2.45) is 0 Å². The zero-order valence-corrected chi connectivity index (χ0v) is 11.0. The molecule has 1 unspecified atom stereocenters. The van der Waals surface area contributed by atoms with E-state index in [-0.39, 0.29) is 0 Å². The summed E-state index contributed by atoms with van der Waals surface area (Å²) >= 11 is 3.25. The number of rotatable bonds is 2. The number of fused-ring (bicyclic) bond motifs is 1. The molecular weight excluding hydrogens is 248 g/mol. The molecule has 0 amide bonds. The fraction of sp³-hybridized carbons (Fsp3) is 0.143. The van der Waals surface area contributed by atoms with Gasteiger partial charge in [0.2, 0.25) is 0 Å². The summed E-state index contributed by atoms with van der Waals surface area (Å²) in [7, 11) is 0. The molecular formula is C14H12OS2. The Kier molecular flexibility index (Phi) is 2.54. The molecule has 3 aromatic rings. The fourth-order valence-corrected chi connectivity index (χ4v) is 3.89. The normalized spacial score (nSPS) is 14.9. The van der Waals surface area contributed by atoms with E-state index >= 15 is 0 Å². The number of aliphatic hydroxyl groups is 1. The summed E-state index contributed by atoms with van der Waals surface area (Å²) in [4.78, 5) is 1.99. The summed E-state index contributed by atoms with van der Waals surface area (Å²) < 4.78 is 1.22. The number of benzene rings is 1. The topological polar surface area (TPSA) is 20.2 Å². The van der Waals surface area contributed by atoms with Gasteiger partial charge in [-0.25, -0.2) is 0 Å². The Labute approximate surface area is 108 Å². The van der Waals surface area contributed by atoms with E-state index in [0.29, 0.717) is 0 Å². The third-order valence-corrected chi connectivity index (χ3v) is 5.31. The third kappa shape index (κ3) is 1.80. The summed E-state index contributed by atoms with van der Waals surface area (Å²) in [6.45, 7) is 1.86. The molecule has 17 heavy (non-hydrogen) atoms. The summed E-state index contributed by atoms with van der Waals surface area (Å²) in [5.74, 6) is 0. The Morgan fingerprint density at radius 1 is 1.06 bits per heavy atom. The molecule has 0 radical (unpaired) electrons. The molecule has 3 heteroatoms. The zero-order chi connectivity index (χ0) is 11.9. The molecule has 0 bridgehead atoms. The number of hydrogen-bond acceptors (Lipinski definition) is 3. The lowest BCUT2D eigenvalue weighted by Crippen LogP contribution is -2.19. The molecule has 1 N–H and O–H groups in total. The SMILES string of the molecule is CC(O)(c1cccs1)c1cc2ccccc2s1. The van der Waals surface area contributed by atoms with Crippen LogP contribution in [0.3, 0.4) is 0 Å². The van der Waals surface area contributed by atoms with Gasteiger partial charge in [-0.15, -0.1) is 22.7 Å². The second-order valence-corrected chi connectivity index (χ2v) is 6.23. The van der Waals surface area contributed by atoms with Gasteiger partial charge in [0.25, 0.3) is 0 Å². The predicted molar refractivity (Wildman–Crippen MR) is 74.8 cm³/mol. The molecule has 0 aliphatic heterocycles. The second kappa shape index (κ2) is 3.95. The van der Waals surface area contributed by atoms with Gasteiger partial charge in [-0.1, -0.05) is 24.3 Å². The Morgan fingerprint density at radius 3 is 2.59 bits per heavy atom. The second-order valence-electron chi connectivity index (χ2n) is 4.20. The van der Waals surface area contributed by atoms with Crippen molar-refractivity contribution < 1.29 is 5.11 Å². The Morgan fingerprint density at radius 2 is 1.88 bits per heavy atom. The average Bonchev–Trinajstić information content (AvgIpc) is 2.98. The van der Waals surface area contributed by atoms with E-state index in [1.807, 2.05) is 36.6 Å². The van der Waals surface area contributed by atoms with Gasteiger partial charge < -0.3 is 5.11 Å². The first-order valence-electron chi connectivity index (χ1n) is 5.43. The minimum Gasteiger partial charge on any atom is -0.379 e. The minimum atomic E-state index is -0.877. The van der Waals surface area contributed by atoms with Gasteiger partial charge >= 0.3 is 0 Å². The Balaban J connectivity index is 2.15. The molecule has 1 aromatic carbocycles. The van der Waals surface area contributed by atoms with Gasteiger partial charge in [0.15, 0.2) is 0 Å². The van der Waals surface area contributed by atoms with Crippen LogP contribution in [0.15, 0.2) is 47.8 Å². The lowest BCUT2D eigenvalue weighted by molar-refractivity contribution is 0.110. The first-order valence-corrected chi connectivity index (χ1v) is 7.13. The highest BCUT2D eigenvalue weighted by atomic mass is 32.1. The Hall–Kier alpha value is -1.16. The maximum Gasteiger partial charge on any atom is 0.130 e. The van der Waals surface area contributed by atoms with Gasteiger partial charge in [0.1, 0.15) is 5.60 Å². The van der Waals surface area contributed by atoms with Crippen LogP contribution in [0, 0.1) is 0 Å². The van der Waals surface area contributed by atoms with Gasteiger partial charge in [-0.05, 0) is 35.9 Å². The fourth-order valence-electron chi connectivity index (χ4n) is 1.90. The molecule has 1 atom stereocenters. The van der Waals surface area contributed by atoms with Crippen molar-refractivity contribution in [3.8, 4) is 0 Å². The van der Waals surface area contributed by atoms with Crippen LogP contribution in [-0.2, 0) is 5.60 Å². The molecule has 0 aliphatic rings. The van der Waals surface area contributed by atoms with E-state index in [1.54, 1.807) is 22.7 Å². The van der Waals surface area contributed by atoms with Crippen molar-refractivity contribution in [1.82, 2.24) is 0 Å². The third-order valence-electron chi connectivity index (χ3n) is 2.91. The summed E-state index contributed by atoms with van der Waals surface area (Å²) in [5.41, 5.74) is -0.877. The molecule has 2 heterocycles. The quantitative estimate of drug-likeness (QED) is 0.731. The van der Waals surface area contributed by atoms with E-state index in [4.69, 9.17) is 0 Å². The standard InChI is InChI=1S/C14H12OS2/c1-14(15,12-7-4-8-16-12)13-9-10-5-2-3-6-11(10)17-13/h2-9,15H,1H3. The summed E-state index contributed by atoms with van der Waals surface area (Å²) in [6, 6.07) is 14.3. The van der Waals surface area contributed by atoms with Crippen molar-refractivity contribution in [2.75, 3.05) is 0 Å². The van der Waals surface area contributed by atoms with Crippen LogP contribution >= 0.6 is 22.7 Å². The molecule has 3 rings (SSSR count). The molecule has 0 saturated carbocycles. The molecule has 0 spiro atoms. The smallest absolute Gasteiger partial charge is 0.130 e. The zero-order valence-electron chi connectivity index (χ0n) is 9.38. The first-order chi connectivity index (χ1) is 8.18. The maximum atomic E-state index is 10.7. The van der Waals surface area contributed by atoms with Crippen molar-refractivity contribution >= 4 is 32.8 Å². The summed E-state index contributed by atoms with van der Waals surface area (Å²) in [6.07, 6.45) is 0. The van der Waals surface area contributed by atoms with Gasteiger partial charge in [-0.3, -0.25) is 0 Å². The minimum absolute atomic E-state index is 0.877. The first kappa shape index (κ1) is 11.0. The largest absolute Gasteiger partial charge is 0.379 e. The van der Waals surface area contributed by atoms with Crippen LogP contribution in [0.4, 0.5) is 0 Å². The van der Waals surface area contributed by atoms with E-state index in [2.05, 4.69) is 18.2 Å². The van der Waals surface area contributed by atoms with Crippen LogP contribution < -0.4 is 0 Å². The van der Waals surface area contributed by atoms with E-state index in [9.17, 15) is 5.11 Å². The maximum absolute atomic E-state index is 10.7. The number of hydrogen-bond donors (Lipinski definition) is 1. The van der Waals surface area contributed by atoms with Crippen molar-refractivity contribution in [2.45, 2.75) is 12.5 Å². The van der Waals surface area contributed by atoms with Crippen molar-refractivity contribution in [1.29, 1.82) is 0 Å². The van der Waals surface area contributed by atoms with Crippen LogP contribution in [0.25, 0.3) is 10.1 Å². The van der Waals surface area contributed by atoms with E-state index in [1.165, 1.54) is 10.1 Å². The predicted octanol–water partition coefficient (Wildman–Crippen LogP) is 4.22. The molecule has 0 saturated heterocycles. The highest BCUT2D eigenvalue weighted by Crippen LogP contribution is 2.38. The van der Waals surface area contributed by atoms with Crippen molar-refractivity contribution in [3.63, 3.8) is 0 Å². The Bertz CT molecular complexity index is 602. The van der Waals surface area contributed by atoms with E-state index in [0.717, 1.165) is 9.75 Å². The molecule has 0 fully saturated rings. The van der Waals surface area contributed by atoms with Gasteiger partial charge in [0.05, 0.1) is 0 Å². The van der Waals surface area contributed by atoms with Crippen LogP contribution in [0.2, 0.25) is 0 Å². The highest BCUT2D eigenvalue weighted by Gasteiger charge is 2.28. The highest BCUT2D eigenvalue weighted by molar-refractivity contribution is 7.19. The molecule has 1 nitrogen and oxygen atoms in total. The molecule has 86 valence electrons. The number of thiophene rings is 2. The molecule has 0 aliphatic carbocycles. The lowest BCUT2D eigenvalue weighted by Gasteiger charge is -2.19. The van der Waals surface area contributed by atoms with Crippen LogP contribution in [-0.4, -0.2) is 5.11 Å². The van der Waals surface area contributed by atoms with E-state index < -0.39 is 5.60 Å². The van der Waals surface area contributed by atoms with Gasteiger partial charge in [0, 0.05) is 14.5 Å². The van der Waals surface area contributed by atoms with Crippen LogP contribution in [0.5, 0.6) is 0 Å². The molecule has 2 aromatic heterocycles. The summed E-state index contributed by atoms with van der Waals surface area (Å²) in [5, 5.41) is 13.9. The lowest BCUT2D eigenvalue weighted by atomic mass is 10.0.